The first-order valence-corrected chi connectivity index (χ1v) is 7.37. The Morgan fingerprint density at radius 1 is 0.769 bits per heavy atom. The number of hydrogen-bond acceptors (Lipinski definition) is 4. The number of nitrogens with zero attached hydrogens (tertiary/aromatic N) is 2. The molecule has 0 aliphatic heterocycles. The van der Waals surface area contributed by atoms with Gasteiger partial charge in [0.25, 0.3) is 11.8 Å². The van der Waals surface area contributed by atoms with Gasteiger partial charge in [-0.25, -0.2) is 9.59 Å². The number of hydrazine groups is 1. The van der Waals surface area contributed by atoms with E-state index in [2.05, 4.69) is 10.9 Å². The average molecular weight is 360 g/mol. The first-order chi connectivity index (χ1) is 12.3. The summed E-state index contributed by atoms with van der Waals surface area (Å²) in [5.41, 5.74) is 4.74. The molecule has 2 rings (SSSR count). The smallest absolute Gasteiger partial charge is 0.370 e. The summed E-state index contributed by atoms with van der Waals surface area (Å²) in [4.78, 5) is 45.5. The molecule has 0 atom stereocenters. The van der Waals surface area contributed by atoms with Crippen molar-refractivity contribution in [3.05, 3.63) is 60.2 Å². The fraction of sp³-hybridized carbons (Fsp3) is 0.125. The zero-order valence-electron chi connectivity index (χ0n) is 13.5. The Labute approximate surface area is 147 Å². The normalized spacial score (nSPS) is 10.0. The van der Waals surface area contributed by atoms with Crippen LogP contribution in [0.25, 0.3) is 0 Å². The Balaban J connectivity index is 2.00. The summed E-state index contributed by atoms with van der Waals surface area (Å²) in [6, 6.07) is 5.93. The van der Waals surface area contributed by atoms with E-state index < -0.39 is 23.8 Å². The van der Waals surface area contributed by atoms with Crippen LogP contribution in [0.15, 0.2) is 49.1 Å². The molecule has 2 aromatic heterocycles. The molecule has 134 valence electrons. The van der Waals surface area contributed by atoms with Crippen LogP contribution >= 0.6 is 0 Å². The summed E-state index contributed by atoms with van der Waals surface area (Å²) in [7, 11) is 0. The number of carboxylic acids is 2. The SMILES string of the molecule is O=C(O)C[n+]1cccc(C(=O)NNC(=O)c2ccc[n+](CC(=O)O)c2)c1. The predicted octanol–water partition coefficient (Wildman–Crippen LogP) is -1.49. The standard InChI is InChI=1S/C16H14N4O6/c21-13(22)9-19-5-1-3-11(7-19)15(25)17-18-16(26)12-4-2-6-20(8-12)10-14(23)24/h1-8H,9-10H2,(H2-2,17,18,21,22,23,24,25,26)/p+2. The topological polar surface area (TPSA) is 141 Å². The zero-order valence-corrected chi connectivity index (χ0v) is 13.5. The third kappa shape index (κ3) is 5.37. The van der Waals surface area contributed by atoms with Crippen molar-refractivity contribution in [3.63, 3.8) is 0 Å². The lowest BCUT2D eigenvalue weighted by molar-refractivity contribution is -0.686. The summed E-state index contributed by atoms with van der Waals surface area (Å²) < 4.78 is 2.62. The maximum absolute atomic E-state index is 12.1. The van der Waals surface area contributed by atoms with E-state index in [1.54, 1.807) is 0 Å². The van der Waals surface area contributed by atoms with E-state index in [4.69, 9.17) is 10.2 Å². The molecule has 2 amide bonds. The fourth-order valence-corrected chi connectivity index (χ4v) is 2.08. The largest absolute Gasteiger partial charge is 0.477 e. The minimum atomic E-state index is -1.06. The highest BCUT2D eigenvalue weighted by Gasteiger charge is 2.16. The number of rotatable bonds is 6. The number of pyridine rings is 2. The van der Waals surface area contributed by atoms with Gasteiger partial charge in [0.15, 0.2) is 24.8 Å². The maximum Gasteiger partial charge on any atom is 0.370 e. The maximum atomic E-state index is 12.1. The Kier molecular flexibility index (Phi) is 5.93. The van der Waals surface area contributed by atoms with Crippen molar-refractivity contribution in [1.29, 1.82) is 0 Å². The van der Waals surface area contributed by atoms with Gasteiger partial charge in [0.2, 0.25) is 13.1 Å². The summed E-state index contributed by atoms with van der Waals surface area (Å²) in [5, 5.41) is 17.5. The number of nitrogens with one attached hydrogen (secondary N) is 2. The van der Waals surface area contributed by atoms with Crippen molar-refractivity contribution in [2.24, 2.45) is 0 Å². The number of carbonyl (C=O) groups is 4. The van der Waals surface area contributed by atoms with E-state index in [1.807, 2.05) is 0 Å². The Morgan fingerprint density at radius 2 is 1.15 bits per heavy atom. The second kappa shape index (κ2) is 8.33. The lowest BCUT2D eigenvalue weighted by atomic mass is 10.2. The molecule has 0 fully saturated rings. The Bertz CT molecular complexity index is 796. The fourth-order valence-electron chi connectivity index (χ4n) is 2.08. The van der Waals surface area contributed by atoms with Crippen molar-refractivity contribution < 1.29 is 38.5 Å². The summed E-state index contributed by atoms with van der Waals surface area (Å²) in [6.45, 7) is -0.609. The van der Waals surface area contributed by atoms with Crippen molar-refractivity contribution in [2.45, 2.75) is 13.1 Å². The van der Waals surface area contributed by atoms with Crippen LogP contribution in [-0.4, -0.2) is 34.0 Å². The molecule has 0 saturated heterocycles. The van der Waals surface area contributed by atoms with E-state index in [9.17, 15) is 19.2 Å². The van der Waals surface area contributed by atoms with Crippen molar-refractivity contribution in [2.75, 3.05) is 0 Å². The van der Waals surface area contributed by atoms with Gasteiger partial charge in [-0.1, -0.05) is 0 Å². The van der Waals surface area contributed by atoms with Gasteiger partial charge in [0.1, 0.15) is 11.1 Å². The molecule has 10 heteroatoms. The highest BCUT2D eigenvalue weighted by Crippen LogP contribution is 1.96. The third-order valence-corrected chi connectivity index (χ3v) is 3.17. The van der Waals surface area contributed by atoms with Crippen LogP contribution in [0, 0.1) is 0 Å². The molecule has 0 aromatic carbocycles. The van der Waals surface area contributed by atoms with Crippen LogP contribution in [0.4, 0.5) is 0 Å². The highest BCUT2D eigenvalue weighted by atomic mass is 16.4. The number of aliphatic carboxylic acids is 2. The van der Waals surface area contributed by atoms with Gasteiger partial charge in [0.05, 0.1) is 0 Å². The second-order valence-electron chi connectivity index (χ2n) is 5.23. The quantitative estimate of drug-likeness (QED) is 0.365. The van der Waals surface area contributed by atoms with Crippen LogP contribution < -0.4 is 20.0 Å². The minimum absolute atomic E-state index is 0.156. The molecule has 0 saturated carbocycles. The predicted molar refractivity (Wildman–Crippen MR) is 83.5 cm³/mol. The molecule has 10 nitrogen and oxygen atoms in total. The van der Waals surface area contributed by atoms with Gasteiger partial charge in [-0.3, -0.25) is 20.4 Å². The number of carboxylic acid groups (broad SMARTS) is 2. The van der Waals surface area contributed by atoms with Gasteiger partial charge in [-0.2, -0.15) is 9.13 Å². The van der Waals surface area contributed by atoms with E-state index in [0.29, 0.717) is 0 Å². The molecule has 0 aliphatic rings. The Morgan fingerprint density at radius 3 is 1.50 bits per heavy atom. The summed E-state index contributed by atoms with van der Waals surface area (Å²) in [6.07, 6.45) is 5.65. The van der Waals surface area contributed by atoms with Crippen molar-refractivity contribution in [1.82, 2.24) is 10.9 Å². The van der Waals surface area contributed by atoms with E-state index >= 15 is 0 Å². The number of hydrogen-bond donors (Lipinski definition) is 4. The van der Waals surface area contributed by atoms with Crippen molar-refractivity contribution >= 4 is 23.8 Å². The molecular formula is C16H16N4O6+2. The zero-order chi connectivity index (χ0) is 19.1. The van der Waals surface area contributed by atoms with Crippen LogP contribution in [0.2, 0.25) is 0 Å². The Hall–Kier alpha value is -3.82. The first-order valence-electron chi connectivity index (χ1n) is 7.37. The lowest BCUT2D eigenvalue weighted by Gasteiger charge is -2.06. The monoisotopic (exact) mass is 360 g/mol. The van der Waals surface area contributed by atoms with Crippen LogP contribution in [0.3, 0.4) is 0 Å². The van der Waals surface area contributed by atoms with Gasteiger partial charge < -0.3 is 10.2 Å². The average Bonchev–Trinajstić information content (AvgIpc) is 2.58. The lowest BCUT2D eigenvalue weighted by Crippen LogP contribution is -2.44. The minimum Gasteiger partial charge on any atom is -0.477 e. The van der Waals surface area contributed by atoms with E-state index in [-0.39, 0.29) is 24.2 Å². The molecule has 0 aliphatic carbocycles. The molecule has 0 unspecified atom stereocenters. The number of carbonyl (C=O) groups excluding carboxylic acids is 2. The first kappa shape index (κ1) is 18.5. The molecule has 2 aromatic rings. The van der Waals surface area contributed by atoms with Gasteiger partial charge in [-0.05, 0) is 12.1 Å². The summed E-state index contributed by atoms with van der Waals surface area (Å²) >= 11 is 0. The van der Waals surface area contributed by atoms with Crippen LogP contribution in [-0.2, 0) is 22.7 Å². The molecular weight excluding hydrogens is 344 g/mol. The molecule has 4 N–H and O–H groups in total. The highest BCUT2D eigenvalue weighted by molar-refractivity contribution is 5.98. The number of amides is 2. The van der Waals surface area contributed by atoms with Gasteiger partial charge in [-0.15, -0.1) is 0 Å². The third-order valence-electron chi connectivity index (χ3n) is 3.17. The molecule has 0 radical (unpaired) electrons. The van der Waals surface area contributed by atoms with Gasteiger partial charge >= 0.3 is 11.9 Å². The molecule has 0 bridgehead atoms. The van der Waals surface area contributed by atoms with Crippen LogP contribution in [0.5, 0.6) is 0 Å². The van der Waals surface area contributed by atoms with E-state index in [1.165, 1.54) is 58.2 Å². The molecule has 2 heterocycles. The molecule has 26 heavy (non-hydrogen) atoms. The number of aromatic nitrogens is 2. The van der Waals surface area contributed by atoms with E-state index in [0.717, 1.165) is 0 Å². The van der Waals surface area contributed by atoms with Crippen molar-refractivity contribution in [3.8, 4) is 0 Å². The van der Waals surface area contributed by atoms with Crippen LogP contribution in [0.1, 0.15) is 20.7 Å². The summed E-state index contributed by atoms with van der Waals surface area (Å²) in [5.74, 6) is -3.38. The second-order valence-corrected chi connectivity index (χ2v) is 5.23. The molecule has 0 spiro atoms. The van der Waals surface area contributed by atoms with Gasteiger partial charge in [0, 0.05) is 12.1 Å².